The molecule has 0 fully saturated rings. The molecule has 1 aromatic carbocycles. The minimum atomic E-state index is -1.56. The lowest BCUT2D eigenvalue weighted by Gasteiger charge is -2.12. The average molecular weight is 244 g/mol. The molecule has 16 heavy (non-hydrogen) atoms. The second kappa shape index (κ2) is 5.56. The highest BCUT2D eigenvalue weighted by Crippen LogP contribution is 2.35. The zero-order valence-corrected chi connectivity index (χ0v) is 10.4. The van der Waals surface area contributed by atoms with Crippen molar-refractivity contribution in [2.24, 2.45) is 0 Å². The van der Waals surface area contributed by atoms with E-state index in [0.717, 1.165) is 0 Å². The molecule has 0 aromatic heterocycles. The number of carbonyl (C=O) groups is 1. The molecule has 0 amide bonds. The van der Waals surface area contributed by atoms with Gasteiger partial charge in [0.05, 0.1) is 21.3 Å². The molecule has 0 aliphatic carbocycles. The van der Waals surface area contributed by atoms with Gasteiger partial charge in [-0.1, -0.05) is 0 Å². The molecule has 5 nitrogen and oxygen atoms in total. The fourth-order valence-corrected chi connectivity index (χ4v) is 1.71. The van der Waals surface area contributed by atoms with Crippen LogP contribution in [0.2, 0.25) is 0 Å². The molecule has 0 heterocycles. The standard InChI is InChI=1S/C10H13O5P/c1-13-6-4-7(14-2)9(10(11)16-12)8(5-6)15-3/h4-5H,16H2,1-3H3. The Morgan fingerprint density at radius 2 is 1.56 bits per heavy atom. The first-order valence-corrected chi connectivity index (χ1v) is 5.52. The molecule has 0 bridgehead atoms. The topological polar surface area (TPSA) is 61.8 Å². The Morgan fingerprint density at radius 1 is 1.06 bits per heavy atom. The highest BCUT2D eigenvalue weighted by atomic mass is 31.1. The second-order valence-corrected chi connectivity index (χ2v) is 3.65. The molecule has 0 aliphatic heterocycles. The van der Waals surface area contributed by atoms with Gasteiger partial charge in [-0.05, 0) is 0 Å². The first-order valence-electron chi connectivity index (χ1n) is 4.47. The number of methoxy groups -OCH3 is 3. The maximum atomic E-state index is 11.5. The third-order valence-electron chi connectivity index (χ3n) is 2.07. The molecular formula is C10H13O5P. The zero-order chi connectivity index (χ0) is 12.1. The monoisotopic (exact) mass is 244 g/mol. The van der Waals surface area contributed by atoms with Gasteiger partial charge in [0.15, 0.2) is 0 Å². The van der Waals surface area contributed by atoms with Gasteiger partial charge in [0.1, 0.15) is 31.3 Å². The summed E-state index contributed by atoms with van der Waals surface area (Å²) in [7, 11) is 2.78. The van der Waals surface area contributed by atoms with E-state index in [1.54, 1.807) is 12.1 Å². The van der Waals surface area contributed by atoms with Crippen molar-refractivity contribution in [2.75, 3.05) is 21.3 Å². The summed E-state index contributed by atoms with van der Waals surface area (Å²) in [6.07, 6.45) is 0. The predicted molar refractivity (Wildman–Crippen MR) is 60.8 cm³/mol. The molecular weight excluding hydrogens is 231 g/mol. The Labute approximate surface area is 94.5 Å². The summed E-state index contributed by atoms with van der Waals surface area (Å²) < 4.78 is 25.8. The lowest BCUT2D eigenvalue weighted by molar-refractivity contribution is 0.107. The number of benzene rings is 1. The van der Waals surface area contributed by atoms with Crippen LogP contribution < -0.4 is 14.2 Å². The van der Waals surface area contributed by atoms with Crippen LogP contribution in [0.3, 0.4) is 0 Å². The number of rotatable bonds is 5. The van der Waals surface area contributed by atoms with Gasteiger partial charge in [0.2, 0.25) is 5.52 Å². The van der Waals surface area contributed by atoms with Gasteiger partial charge < -0.3 is 18.8 Å². The fourth-order valence-electron chi connectivity index (χ4n) is 1.31. The molecule has 1 rings (SSSR count). The molecule has 1 unspecified atom stereocenters. The summed E-state index contributed by atoms with van der Waals surface area (Å²) >= 11 is 0. The van der Waals surface area contributed by atoms with E-state index in [0.29, 0.717) is 17.2 Å². The Balaban J connectivity index is 3.42. The van der Waals surface area contributed by atoms with Gasteiger partial charge >= 0.3 is 0 Å². The van der Waals surface area contributed by atoms with E-state index in [1.165, 1.54) is 21.3 Å². The lowest BCUT2D eigenvalue weighted by Crippen LogP contribution is -2.00. The third kappa shape index (κ3) is 2.36. The van der Waals surface area contributed by atoms with Crippen LogP contribution in [-0.4, -0.2) is 26.9 Å². The maximum absolute atomic E-state index is 11.5. The van der Waals surface area contributed by atoms with Crippen LogP contribution >= 0.6 is 8.46 Å². The minimum Gasteiger partial charge on any atom is -0.496 e. The van der Waals surface area contributed by atoms with Crippen molar-refractivity contribution < 1.29 is 23.6 Å². The Hall–Kier alpha value is -1.48. The Morgan fingerprint density at radius 3 is 1.88 bits per heavy atom. The van der Waals surface area contributed by atoms with Crippen molar-refractivity contribution in [3.05, 3.63) is 17.7 Å². The summed E-state index contributed by atoms with van der Waals surface area (Å²) in [5, 5.41) is 0. The van der Waals surface area contributed by atoms with Crippen molar-refractivity contribution in [1.29, 1.82) is 0 Å². The number of carbonyl (C=O) groups excluding carboxylic acids is 1. The van der Waals surface area contributed by atoms with E-state index < -0.39 is 14.0 Å². The van der Waals surface area contributed by atoms with E-state index >= 15 is 0 Å². The summed E-state index contributed by atoms with van der Waals surface area (Å²) in [6, 6.07) is 3.09. The van der Waals surface area contributed by atoms with Crippen molar-refractivity contribution in [3.63, 3.8) is 0 Å². The number of hydrogen-bond acceptors (Lipinski definition) is 5. The molecule has 6 heteroatoms. The molecule has 0 N–H and O–H groups in total. The molecule has 0 saturated carbocycles. The predicted octanol–water partition coefficient (Wildman–Crippen LogP) is 1.61. The quantitative estimate of drug-likeness (QED) is 0.736. The molecule has 0 radical (unpaired) electrons. The molecule has 0 aliphatic rings. The van der Waals surface area contributed by atoms with Crippen molar-refractivity contribution >= 4 is 14.0 Å². The number of ether oxygens (including phenoxy) is 3. The van der Waals surface area contributed by atoms with Crippen molar-refractivity contribution in [3.8, 4) is 17.2 Å². The van der Waals surface area contributed by atoms with Crippen molar-refractivity contribution in [2.45, 2.75) is 0 Å². The van der Waals surface area contributed by atoms with Crippen LogP contribution in [0.15, 0.2) is 12.1 Å². The van der Waals surface area contributed by atoms with Crippen LogP contribution in [0, 0.1) is 0 Å². The summed E-state index contributed by atoms with van der Waals surface area (Å²) in [4.78, 5) is 11.5. The van der Waals surface area contributed by atoms with Gasteiger partial charge in [-0.25, -0.2) is 0 Å². The van der Waals surface area contributed by atoms with Crippen LogP contribution in [0.1, 0.15) is 10.4 Å². The average Bonchev–Trinajstić information content (AvgIpc) is 2.35. The lowest BCUT2D eigenvalue weighted by atomic mass is 10.2. The molecule has 88 valence electrons. The van der Waals surface area contributed by atoms with Crippen LogP contribution in [-0.2, 0) is 4.57 Å². The normalized spacial score (nSPS) is 10.4. The fraction of sp³-hybridized carbons (Fsp3) is 0.300. The van der Waals surface area contributed by atoms with Crippen LogP contribution in [0.5, 0.6) is 17.2 Å². The first-order chi connectivity index (χ1) is 7.67. The van der Waals surface area contributed by atoms with E-state index in [9.17, 15) is 9.36 Å². The molecule has 0 spiro atoms. The first kappa shape index (κ1) is 12.6. The summed E-state index contributed by atoms with van der Waals surface area (Å²) in [5.74, 6) is 1.10. The van der Waals surface area contributed by atoms with Gasteiger partial charge in [-0.15, -0.1) is 0 Å². The van der Waals surface area contributed by atoms with Gasteiger partial charge in [-0.3, -0.25) is 4.79 Å². The number of hydrogen-bond donors (Lipinski definition) is 0. The highest BCUT2D eigenvalue weighted by molar-refractivity contribution is 7.47. The molecule has 0 saturated heterocycles. The Kier molecular flexibility index (Phi) is 4.38. The zero-order valence-electron chi connectivity index (χ0n) is 9.27. The summed E-state index contributed by atoms with van der Waals surface area (Å²) in [6.45, 7) is 0. The Bertz CT molecular complexity index is 391. The second-order valence-electron chi connectivity index (χ2n) is 2.89. The largest absolute Gasteiger partial charge is 0.496 e. The van der Waals surface area contributed by atoms with Crippen molar-refractivity contribution in [1.82, 2.24) is 0 Å². The SMILES string of the molecule is COc1cc(OC)c(C(=O)[PH2]=O)c(OC)c1. The maximum Gasteiger partial charge on any atom is 0.223 e. The molecule has 1 aromatic rings. The van der Waals surface area contributed by atoms with Gasteiger partial charge in [-0.2, -0.15) is 0 Å². The van der Waals surface area contributed by atoms with E-state index in [2.05, 4.69) is 0 Å². The molecule has 1 atom stereocenters. The third-order valence-corrected chi connectivity index (χ3v) is 2.57. The summed E-state index contributed by atoms with van der Waals surface area (Å²) in [5.41, 5.74) is -0.299. The van der Waals surface area contributed by atoms with E-state index in [4.69, 9.17) is 14.2 Å². The minimum absolute atomic E-state index is 0.191. The van der Waals surface area contributed by atoms with Crippen LogP contribution in [0.4, 0.5) is 0 Å². The van der Waals surface area contributed by atoms with Gasteiger partial charge in [0.25, 0.3) is 0 Å². The smallest absolute Gasteiger partial charge is 0.223 e. The van der Waals surface area contributed by atoms with Crippen LogP contribution in [0.25, 0.3) is 0 Å². The van der Waals surface area contributed by atoms with E-state index in [1.807, 2.05) is 0 Å². The highest BCUT2D eigenvalue weighted by Gasteiger charge is 2.18. The van der Waals surface area contributed by atoms with Gasteiger partial charge in [0, 0.05) is 12.1 Å². The van der Waals surface area contributed by atoms with E-state index in [-0.39, 0.29) is 5.56 Å².